The fourth-order valence-corrected chi connectivity index (χ4v) is 5.28. The van der Waals surface area contributed by atoms with Gasteiger partial charge >= 0.3 is 0 Å². The van der Waals surface area contributed by atoms with E-state index < -0.39 is 37.3 Å². The summed E-state index contributed by atoms with van der Waals surface area (Å²) in [6.45, 7) is 2.62. The lowest BCUT2D eigenvalue weighted by Gasteiger charge is -2.39. The van der Waals surface area contributed by atoms with Crippen molar-refractivity contribution in [2.45, 2.75) is 57.3 Å². The summed E-state index contributed by atoms with van der Waals surface area (Å²) in [4.78, 5) is 0. The highest BCUT2D eigenvalue weighted by atomic mass is 16.6. The van der Waals surface area contributed by atoms with Crippen LogP contribution < -0.4 is 19.5 Å². The molecule has 5 rings (SSSR count). The number of benzene rings is 3. The van der Waals surface area contributed by atoms with Gasteiger partial charge < -0.3 is 44.7 Å². The van der Waals surface area contributed by atoms with E-state index in [0.29, 0.717) is 42.6 Å². The van der Waals surface area contributed by atoms with Crippen LogP contribution in [-0.2, 0) is 24.4 Å². The van der Waals surface area contributed by atoms with Crippen LogP contribution in [0.1, 0.15) is 28.6 Å². The summed E-state index contributed by atoms with van der Waals surface area (Å²) in [5.74, 6) is 1.78. The van der Waals surface area contributed by atoms with E-state index in [4.69, 9.17) is 18.9 Å². The van der Waals surface area contributed by atoms with Gasteiger partial charge in [0.25, 0.3) is 0 Å². The van der Waals surface area contributed by atoms with Crippen molar-refractivity contribution in [2.24, 2.45) is 0 Å². The molecule has 3 aromatic carbocycles. The molecule has 1 aliphatic rings. The second-order valence-corrected chi connectivity index (χ2v) is 10.6. The maximum atomic E-state index is 10.4. The zero-order valence-corrected chi connectivity index (χ0v) is 24.8. The molecule has 5 atom stereocenters. The van der Waals surface area contributed by atoms with Crippen LogP contribution in [0.2, 0.25) is 0 Å². The Hall–Kier alpha value is -4.04. The van der Waals surface area contributed by atoms with E-state index in [1.807, 2.05) is 36.4 Å². The molecule has 2 heterocycles. The summed E-state index contributed by atoms with van der Waals surface area (Å²) in [7, 11) is 3.17. The van der Waals surface area contributed by atoms with Crippen molar-refractivity contribution in [1.29, 1.82) is 0 Å². The van der Waals surface area contributed by atoms with Crippen molar-refractivity contribution in [1.82, 2.24) is 20.3 Å². The molecule has 0 aliphatic carbocycles. The van der Waals surface area contributed by atoms with Gasteiger partial charge in [-0.05, 0) is 29.2 Å². The van der Waals surface area contributed by atoms with Crippen molar-refractivity contribution in [3.63, 3.8) is 0 Å². The number of aliphatic hydroxyl groups is 4. The van der Waals surface area contributed by atoms with Gasteiger partial charge in [-0.15, -0.1) is 5.10 Å². The monoisotopic (exact) mass is 606 g/mol. The number of nitrogens with zero attached hydrogens (tertiary/aromatic N) is 3. The maximum Gasteiger partial charge on any atom is 0.180 e. The van der Waals surface area contributed by atoms with Crippen LogP contribution in [0.4, 0.5) is 0 Å². The second-order valence-electron chi connectivity index (χ2n) is 10.6. The second kappa shape index (κ2) is 14.2. The van der Waals surface area contributed by atoms with Gasteiger partial charge in [0.2, 0.25) is 0 Å². The highest BCUT2D eigenvalue weighted by molar-refractivity contribution is 5.68. The Morgan fingerprint density at radius 2 is 1.64 bits per heavy atom. The topological polar surface area (TPSA) is 161 Å². The van der Waals surface area contributed by atoms with E-state index in [1.54, 1.807) is 20.4 Å². The fourth-order valence-electron chi connectivity index (χ4n) is 5.28. The minimum Gasteiger partial charge on any atom is -0.496 e. The van der Waals surface area contributed by atoms with Crippen LogP contribution >= 0.6 is 0 Å². The molecule has 0 spiro atoms. The Kier molecular flexibility index (Phi) is 10.1. The molecule has 12 heteroatoms. The number of aliphatic hydroxyl groups excluding tert-OH is 4. The summed E-state index contributed by atoms with van der Waals surface area (Å²) in [6, 6.07) is 20.1. The molecule has 234 valence electrons. The van der Waals surface area contributed by atoms with Crippen molar-refractivity contribution >= 4 is 0 Å². The summed E-state index contributed by atoms with van der Waals surface area (Å²) >= 11 is 0. The number of nitrogens with one attached hydrogen (secondary N) is 1. The van der Waals surface area contributed by atoms with Gasteiger partial charge in [0, 0.05) is 25.2 Å². The third-order valence-electron chi connectivity index (χ3n) is 7.80. The Balaban J connectivity index is 1.23. The van der Waals surface area contributed by atoms with Crippen LogP contribution in [0, 0.1) is 6.92 Å². The molecule has 1 fully saturated rings. The van der Waals surface area contributed by atoms with E-state index in [0.717, 1.165) is 27.8 Å². The molecule has 0 radical (unpaired) electrons. The van der Waals surface area contributed by atoms with E-state index in [9.17, 15) is 20.4 Å². The van der Waals surface area contributed by atoms with E-state index >= 15 is 0 Å². The average Bonchev–Trinajstić information content (AvgIpc) is 3.52. The molecule has 44 heavy (non-hydrogen) atoms. The first-order valence-corrected chi connectivity index (χ1v) is 14.3. The van der Waals surface area contributed by atoms with Crippen LogP contribution in [0.5, 0.6) is 17.2 Å². The third-order valence-corrected chi connectivity index (χ3v) is 7.80. The molecule has 0 saturated carbocycles. The summed E-state index contributed by atoms with van der Waals surface area (Å²) in [5.41, 5.74) is 5.87. The lowest BCUT2D eigenvalue weighted by molar-refractivity contribution is -0.254. The summed E-state index contributed by atoms with van der Waals surface area (Å²) in [5, 5.41) is 51.3. The highest BCUT2D eigenvalue weighted by Crippen LogP contribution is 2.35. The van der Waals surface area contributed by atoms with Gasteiger partial charge in [-0.1, -0.05) is 53.7 Å². The minimum atomic E-state index is -1.51. The lowest BCUT2D eigenvalue weighted by atomic mass is 9.97. The largest absolute Gasteiger partial charge is 0.496 e. The molecule has 4 aromatic rings. The molecule has 1 saturated heterocycles. The van der Waals surface area contributed by atoms with Gasteiger partial charge in [-0.25, -0.2) is 4.68 Å². The maximum absolute atomic E-state index is 10.4. The summed E-state index contributed by atoms with van der Waals surface area (Å²) < 4.78 is 24.3. The fraction of sp³-hybridized carbons (Fsp3) is 0.375. The molecule has 0 amide bonds. The van der Waals surface area contributed by atoms with Crippen LogP contribution in [0.3, 0.4) is 0 Å². The number of methoxy groups -OCH3 is 2. The van der Waals surface area contributed by atoms with Crippen molar-refractivity contribution in [2.75, 3.05) is 20.8 Å². The molecule has 0 bridgehead atoms. The predicted molar refractivity (Wildman–Crippen MR) is 160 cm³/mol. The Labute approximate surface area is 255 Å². The highest BCUT2D eigenvalue weighted by Gasteiger charge is 2.44. The van der Waals surface area contributed by atoms with Gasteiger partial charge in [0.05, 0.1) is 38.3 Å². The quantitative estimate of drug-likeness (QED) is 0.161. The zero-order chi connectivity index (χ0) is 31.2. The standard InChI is InChI=1S/C32H38N4O8/c1-19-21(10-7-11-24(19)20-8-5-4-6-9-20)18-43-23-12-26(41-2)25(27(13-23)42-3)15-33-14-22-16-36(35-34-22)32-31(40)30(39)29(38)28(17-37)44-32/h4-13,16,28-33,37-40H,14-15,17-18H2,1-3H3/t28-,29-,30+,31+,32+/m1/s1. The van der Waals surface area contributed by atoms with Gasteiger partial charge in [0.15, 0.2) is 6.23 Å². The molecular formula is C32H38N4O8. The zero-order valence-electron chi connectivity index (χ0n) is 24.8. The van der Waals surface area contributed by atoms with E-state index in [2.05, 4.69) is 46.8 Å². The van der Waals surface area contributed by atoms with Gasteiger partial charge in [-0.3, -0.25) is 0 Å². The van der Waals surface area contributed by atoms with E-state index in [-0.39, 0.29) is 0 Å². The van der Waals surface area contributed by atoms with Gasteiger partial charge in [0.1, 0.15) is 48.3 Å². The van der Waals surface area contributed by atoms with Crippen molar-refractivity contribution in [3.8, 4) is 28.4 Å². The minimum absolute atomic E-state index is 0.305. The Bertz CT molecular complexity index is 1500. The van der Waals surface area contributed by atoms with Gasteiger partial charge in [-0.2, -0.15) is 0 Å². The predicted octanol–water partition coefficient (Wildman–Crippen LogP) is 2.11. The lowest BCUT2D eigenvalue weighted by Crippen LogP contribution is -2.56. The number of rotatable bonds is 12. The van der Waals surface area contributed by atoms with E-state index in [1.165, 1.54) is 4.68 Å². The molecule has 5 N–H and O–H groups in total. The molecule has 1 aromatic heterocycles. The molecule has 1 aliphatic heterocycles. The van der Waals surface area contributed by atoms with Crippen molar-refractivity contribution in [3.05, 3.63) is 89.2 Å². The van der Waals surface area contributed by atoms with Crippen LogP contribution in [-0.4, -0.2) is 80.7 Å². The smallest absolute Gasteiger partial charge is 0.180 e. The number of aromatic nitrogens is 3. The normalized spacial score (nSPS) is 21.7. The molecule has 0 unspecified atom stereocenters. The molecular weight excluding hydrogens is 568 g/mol. The van der Waals surface area contributed by atoms with Crippen LogP contribution in [0.15, 0.2) is 66.9 Å². The third kappa shape index (κ3) is 6.70. The van der Waals surface area contributed by atoms with Crippen LogP contribution in [0.25, 0.3) is 11.1 Å². The Morgan fingerprint density at radius 1 is 0.909 bits per heavy atom. The first kappa shape index (κ1) is 31.4. The first-order chi connectivity index (χ1) is 21.3. The molecule has 12 nitrogen and oxygen atoms in total. The number of ether oxygens (including phenoxy) is 4. The first-order valence-electron chi connectivity index (χ1n) is 14.3. The summed E-state index contributed by atoms with van der Waals surface area (Å²) in [6.07, 6.45) is -5.02. The Morgan fingerprint density at radius 3 is 2.32 bits per heavy atom. The average molecular weight is 607 g/mol. The van der Waals surface area contributed by atoms with Crippen molar-refractivity contribution < 1.29 is 39.4 Å². The number of hydrogen-bond donors (Lipinski definition) is 5. The number of hydrogen-bond acceptors (Lipinski definition) is 11. The SMILES string of the molecule is COc1cc(OCc2cccc(-c3ccccc3)c2C)cc(OC)c1CNCc1cn([C@H]2O[C@H](CO)[C@@H](O)[C@H](O)[C@@H]2O)nn1.